The van der Waals surface area contributed by atoms with Gasteiger partial charge in [0, 0.05) is 30.4 Å². The maximum absolute atomic E-state index is 12.4. The molecular formula is C15H17N3O. The van der Waals surface area contributed by atoms with Crippen molar-refractivity contribution < 1.29 is 4.79 Å². The Labute approximate surface area is 112 Å². The first-order valence-corrected chi connectivity index (χ1v) is 6.74. The molecule has 2 heterocycles. The maximum atomic E-state index is 12.4. The molecule has 0 bridgehead atoms. The van der Waals surface area contributed by atoms with Crippen LogP contribution in [0.1, 0.15) is 29.6 Å². The number of nitrogens with one attached hydrogen (secondary N) is 1. The van der Waals surface area contributed by atoms with Crippen molar-refractivity contribution in [2.75, 3.05) is 13.1 Å². The van der Waals surface area contributed by atoms with Gasteiger partial charge in [-0.15, -0.1) is 0 Å². The van der Waals surface area contributed by atoms with Gasteiger partial charge in [-0.05, 0) is 37.5 Å². The van der Waals surface area contributed by atoms with Gasteiger partial charge in [0.15, 0.2) is 0 Å². The van der Waals surface area contributed by atoms with Crippen molar-refractivity contribution in [1.82, 2.24) is 15.1 Å². The topological polar surface area (TPSA) is 49.0 Å². The van der Waals surface area contributed by atoms with Crippen molar-refractivity contribution in [2.24, 2.45) is 0 Å². The van der Waals surface area contributed by atoms with E-state index in [0.717, 1.165) is 42.8 Å². The van der Waals surface area contributed by atoms with Gasteiger partial charge in [-0.3, -0.25) is 9.89 Å². The lowest BCUT2D eigenvalue weighted by molar-refractivity contribution is 0.0724. The Balaban J connectivity index is 1.84. The molecule has 1 aromatic carbocycles. The number of carbonyl (C=O) groups excluding carboxylic acids is 1. The average Bonchev–Trinajstić information content (AvgIpc) is 3.02. The molecule has 1 saturated heterocycles. The summed E-state index contributed by atoms with van der Waals surface area (Å²) in [5.41, 5.74) is 2.70. The van der Waals surface area contributed by atoms with Gasteiger partial charge in [0.1, 0.15) is 0 Å². The smallest absolute Gasteiger partial charge is 0.253 e. The van der Waals surface area contributed by atoms with Gasteiger partial charge in [-0.25, -0.2) is 0 Å². The van der Waals surface area contributed by atoms with Gasteiger partial charge in [-0.1, -0.05) is 12.1 Å². The first-order chi connectivity index (χ1) is 9.34. The Kier molecular flexibility index (Phi) is 3.31. The fourth-order valence-corrected chi connectivity index (χ4v) is 2.52. The summed E-state index contributed by atoms with van der Waals surface area (Å²) in [5.74, 6) is 0.140. The zero-order valence-electron chi connectivity index (χ0n) is 10.8. The van der Waals surface area contributed by atoms with Gasteiger partial charge >= 0.3 is 0 Å². The van der Waals surface area contributed by atoms with Crippen LogP contribution in [0.4, 0.5) is 0 Å². The molecule has 0 radical (unpaired) electrons. The van der Waals surface area contributed by atoms with Gasteiger partial charge in [0.2, 0.25) is 0 Å². The summed E-state index contributed by atoms with van der Waals surface area (Å²) >= 11 is 0. The number of aromatic amines is 1. The zero-order valence-corrected chi connectivity index (χ0v) is 10.8. The molecule has 1 aromatic heterocycles. The molecule has 1 aliphatic heterocycles. The highest BCUT2D eigenvalue weighted by Crippen LogP contribution is 2.19. The minimum atomic E-state index is 0.140. The van der Waals surface area contributed by atoms with Crippen LogP contribution in [0, 0.1) is 0 Å². The third-order valence-corrected chi connectivity index (χ3v) is 3.56. The standard InChI is InChI=1S/C15H17N3O/c19-15(18-9-2-1-3-10-18)13-6-4-5-12(11-13)14-7-8-16-17-14/h4-8,11H,1-3,9-10H2,(H,16,17). The maximum Gasteiger partial charge on any atom is 0.253 e. The Morgan fingerprint density at radius 2 is 2.00 bits per heavy atom. The number of hydrogen-bond acceptors (Lipinski definition) is 2. The van der Waals surface area contributed by atoms with Crippen LogP contribution in [0.15, 0.2) is 36.5 Å². The predicted molar refractivity (Wildman–Crippen MR) is 73.8 cm³/mol. The number of piperidine rings is 1. The molecule has 98 valence electrons. The zero-order chi connectivity index (χ0) is 13.1. The number of aromatic nitrogens is 2. The third-order valence-electron chi connectivity index (χ3n) is 3.56. The lowest BCUT2D eigenvalue weighted by Gasteiger charge is -2.26. The lowest BCUT2D eigenvalue weighted by atomic mass is 10.1. The quantitative estimate of drug-likeness (QED) is 0.897. The second-order valence-corrected chi connectivity index (χ2v) is 4.90. The Bertz CT molecular complexity index is 557. The van der Waals surface area contributed by atoms with Crippen LogP contribution in [0.2, 0.25) is 0 Å². The largest absolute Gasteiger partial charge is 0.339 e. The van der Waals surface area contributed by atoms with Crippen LogP contribution in [0.3, 0.4) is 0 Å². The van der Waals surface area contributed by atoms with Crippen molar-refractivity contribution in [3.63, 3.8) is 0 Å². The Morgan fingerprint density at radius 3 is 2.74 bits per heavy atom. The van der Waals surface area contributed by atoms with Crippen molar-refractivity contribution in [3.05, 3.63) is 42.1 Å². The van der Waals surface area contributed by atoms with Gasteiger partial charge in [0.25, 0.3) is 5.91 Å². The fraction of sp³-hybridized carbons (Fsp3) is 0.333. The van der Waals surface area contributed by atoms with Gasteiger partial charge < -0.3 is 4.90 Å². The summed E-state index contributed by atoms with van der Waals surface area (Å²) in [6.45, 7) is 1.76. The molecule has 4 nitrogen and oxygen atoms in total. The number of amides is 1. The summed E-state index contributed by atoms with van der Waals surface area (Å²) in [7, 11) is 0. The fourth-order valence-electron chi connectivity index (χ4n) is 2.52. The molecule has 4 heteroatoms. The second-order valence-electron chi connectivity index (χ2n) is 4.90. The van der Waals surface area contributed by atoms with Crippen LogP contribution in [0.25, 0.3) is 11.3 Å². The molecule has 0 atom stereocenters. The average molecular weight is 255 g/mol. The Morgan fingerprint density at radius 1 is 1.16 bits per heavy atom. The molecule has 2 aromatic rings. The number of H-pyrrole nitrogens is 1. The number of rotatable bonds is 2. The van der Waals surface area contributed by atoms with E-state index in [-0.39, 0.29) is 5.91 Å². The molecule has 0 saturated carbocycles. The van der Waals surface area contributed by atoms with Crippen LogP contribution in [-0.4, -0.2) is 34.1 Å². The van der Waals surface area contributed by atoms with E-state index in [1.54, 1.807) is 6.20 Å². The first kappa shape index (κ1) is 12.0. The lowest BCUT2D eigenvalue weighted by Crippen LogP contribution is -2.35. The highest BCUT2D eigenvalue weighted by Gasteiger charge is 2.18. The third kappa shape index (κ3) is 2.52. The van der Waals surface area contributed by atoms with E-state index in [9.17, 15) is 4.79 Å². The normalized spacial score (nSPS) is 15.5. The minimum Gasteiger partial charge on any atom is -0.339 e. The SMILES string of the molecule is O=C(c1cccc(-c2ccn[nH]2)c1)N1CCCCC1. The van der Waals surface area contributed by atoms with Crippen molar-refractivity contribution in [2.45, 2.75) is 19.3 Å². The van der Waals surface area contributed by atoms with E-state index >= 15 is 0 Å². The molecular weight excluding hydrogens is 238 g/mol. The second kappa shape index (κ2) is 5.26. The van der Waals surface area contributed by atoms with Crippen molar-refractivity contribution in [3.8, 4) is 11.3 Å². The summed E-state index contributed by atoms with van der Waals surface area (Å²) in [6, 6.07) is 9.64. The van der Waals surface area contributed by atoms with Crippen molar-refractivity contribution in [1.29, 1.82) is 0 Å². The molecule has 0 aliphatic carbocycles. The van der Waals surface area contributed by atoms with Gasteiger partial charge in [-0.2, -0.15) is 5.10 Å². The van der Waals surface area contributed by atoms with Crippen molar-refractivity contribution >= 4 is 5.91 Å². The number of carbonyl (C=O) groups is 1. The number of nitrogens with zero attached hydrogens (tertiary/aromatic N) is 2. The minimum absolute atomic E-state index is 0.140. The van der Waals surface area contributed by atoms with Crippen LogP contribution >= 0.6 is 0 Å². The van der Waals surface area contributed by atoms with Gasteiger partial charge in [0.05, 0.1) is 5.69 Å². The Hall–Kier alpha value is -2.10. The van der Waals surface area contributed by atoms with Crippen LogP contribution < -0.4 is 0 Å². The molecule has 0 spiro atoms. The van der Waals surface area contributed by atoms with E-state index in [4.69, 9.17) is 0 Å². The monoisotopic (exact) mass is 255 g/mol. The highest BCUT2D eigenvalue weighted by molar-refractivity contribution is 5.95. The molecule has 1 amide bonds. The highest BCUT2D eigenvalue weighted by atomic mass is 16.2. The van der Waals surface area contributed by atoms with Crippen LogP contribution in [0.5, 0.6) is 0 Å². The van der Waals surface area contributed by atoms with Crippen LogP contribution in [-0.2, 0) is 0 Å². The molecule has 1 fully saturated rings. The number of hydrogen-bond donors (Lipinski definition) is 1. The van der Waals surface area contributed by atoms with E-state index in [1.807, 2.05) is 35.2 Å². The first-order valence-electron chi connectivity index (χ1n) is 6.74. The molecule has 1 N–H and O–H groups in total. The van der Waals surface area contributed by atoms with E-state index in [2.05, 4.69) is 10.2 Å². The predicted octanol–water partition coefficient (Wildman–Crippen LogP) is 2.70. The van der Waals surface area contributed by atoms with E-state index < -0.39 is 0 Å². The molecule has 1 aliphatic rings. The summed E-state index contributed by atoms with van der Waals surface area (Å²) in [5, 5.41) is 6.87. The molecule has 19 heavy (non-hydrogen) atoms. The number of likely N-dealkylation sites (tertiary alicyclic amines) is 1. The van der Waals surface area contributed by atoms with E-state index in [0.29, 0.717) is 0 Å². The molecule has 3 rings (SSSR count). The molecule has 0 unspecified atom stereocenters. The summed E-state index contributed by atoms with van der Waals surface area (Å²) in [6.07, 6.45) is 5.18. The van der Waals surface area contributed by atoms with E-state index in [1.165, 1.54) is 6.42 Å². The summed E-state index contributed by atoms with van der Waals surface area (Å²) in [4.78, 5) is 14.4. The number of benzene rings is 1. The summed E-state index contributed by atoms with van der Waals surface area (Å²) < 4.78 is 0.